The fourth-order valence-corrected chi connectivity index (χ4v) is 1.86. The summed E-state index contributed by atoms with van der Waals surface area (Å²) in [6.07, 6.45) is 0.669. The monoisotopic (exact) mass is 222 g/mol. The predicted octanol–water partition coefficient (Wildman–Crippen LogP) is 1.54. The van der Waals surface area contributed by atoms with E-state index in [9.17, 15) is 4.39 Å². The Kier molecular flexibility index (Phi) is 1.99. The van der Waals surface area contributed by atoms with Crippen LogP contribution in [0.5, 0.6) is 0 Å². The van der Waals surface area contributed by atoms with Gasteiger partial charge in [0.05, 0.1) is 6.61 Å². The second kappa shape index (κ2) is 3.26. The number of oxazole rings is 1. The molecule has 5 heteroatoms. The average Bonchev–Trinajstić information content (AvgIpc) is 2.84. The first kappa shape index (κ1) is 9.74. The molecule has 0 amide bonds. The fraction of sp³-hybridized carbons (Fsp3) is 0.364. The minimum Gasteiger partial charge on any atom is -0.438 e. The van der Waals surface area contributed by atoms with Gasteiger partial charge in [-0.15, -0.1) is 0 Å². The molecular formula is C11H11FN2O2. The third-order valence-corrected chi connectivity index (χ3v) is 2.83. The van der Waals surface area contributed by atoms with E-state index >= 15 is 0 Å². The summed E-state index contributed by atoms with van der Waals surface area (Å²) in [7, 11) is 0. The van der Waals surface area contributed by atoms with E-state index in [4.69, 9.17) is 14.9 Å². The zero-order valence-corrected chi connectivity index (χ0v) is 8.57. The van der Waals surface area contributed by atoms with E-state index in [0.717, 1.165) is 0 Å². The van der Waals surface area contributed by atoms with Crippen molar-refractivity contribution in [3.05, 3.63) is 29.9 Å². The van der Waals surface area contributed by atoms with E-state index < -0.39 is 5.54 Å². The molecule has 16 heavy (non-hydrogen) atoms. The first-order chi connectivity index (χ1) is 7.67. The van der Waals surface area contributed by atoms with Crippen LogP contribution in [0.4, 0.5) is 4.39 Å². The molecule has 1 aliphatic heterocycles. The van der Waals surface area contributed by atoms with Crippen LogP contribution in [-0.2, 0) is 10.3 Å². The van der Waals surface area contributed by atoms with Crippen LogP contribution in [0.25, 0.3) is 11.1 Å². The van der Waals surface area contributed by atoms with Crippen molar-refractivity contribution in [1.29, 1.82) is 0 Å². The van der Waals surface area contributed by atoms with Crippen LogP contribution >= 0.6 is 0 Å². The molecule has 0 aliphatic carbocycles. The van der Waals surface area contributed by atoms with Gasteiger partial charge in [0.25, 0.3) is 0 Å². The van der Waals surface area contributed by atoms with Crippen LogP contribution in [0.1, 0.15) is 12.3 Å². The number of aromatic nitrogens is 1. The van der Waals surface area contributed by atoms with Crippen molar-refractivity contribution in [3.8, 4) is 0 Å². The highest BCUT2D eigenvalue weighted by atomic mass is 19.1. The number of fused-ring (bicyclic) bond motifs is 1. The third-order valence-electron chi connectivity index (χ3n) is 2.83. The number of hydrogen-bond donors (Lipinski definition) is 1. The molecule has 0 radical (unpaired) electrons. The maximum atomic E-state index is 13.0. The van der Waals surface area contributed by atoms with Gasteiger partial charge < -0.3 is 14.9 Å². The Balaban J connectivity index is 2.11. The summed E-state index contributed by atoms with van der Waals surface area (Å²) in [6, 6.07) is 4.24. The lowest BCUT2D eigenvalue weighted by atomic mass is 10.0. The number of halogens is 1. The van der Waals surface area contributed by atoms with Crippen LogP contribution in [0.3, 0.4) is 0 Å². The number of hydrogen-bond acceptors (Lipinski definition) is 4. The van der Waals surface area contributed by atoms with Crippen molar-refractivity contribution in [1.82, 2.24) is 4.98 Å². The van der Waals surface area contributed by atoms with E-state index in [1.54, 1.807) is 6.07 Å². The van der Waals surface area contributed by atoms with Crippen molar-refractivity contribution in [2.24, 2.45) is 5.73 Å². The van der Waals surface area contributed by atoms with Crippen molar-refractivity contribution < 1.29 is 13.5 Å². The first-order valence-electron chi connectivity index (χ1n) is 5.11. The van der Waals surface area contributed by atoms with Gasteiger partial charge >= 0.3 is 0 Å². The van der Waals surface area contributed by atoms with E-state index in [0.29, 0.717) is 36.6 Å². The molecule has 2 heterocycles. The highest BCUT2D eigenvalue weighted by Gasteiger charge is 2.37. The molecule has 84 valence electrons. The summed E-state index contributed by atoms with van der Waals surface area (Å²) in [5.41, 5.74) is 6.48. The van der Waals surface area contributed by atoms with Crippen molar-refractivity contribution in [3.63, 3.8) is 0 Å². The van der Waals surface area contributed by atoms with Crippen LogP contribution < -0.4 is 5.73 Å². The topological polar surface area (TPSA) is 61.3 Å². The lowest BCUT2D eigenvalue weighted by Gasteiger charge is -2.16. The smallest absolute Gasteiger partial charge is 0.218 e. The molecule has 1 aliphatic rings. The Hall–Kier alpha value is -1.46. The number of nitrogens with zero attached hydrogens (tertiary/aromatic N) is 1. The SMILES string of the molecule is NC1(c2nc3ccc(F)cc3o2)CCOC1. The van der Waals surface area contributed by atoms with Crippen LogP contribution in [0.15, 0.2) is 22.6 Å². The number of nitrogens with two attached hydrogens (primary N) is 1. The molecular weight excluding hydrogens is 211 g/mol. The largest absolute Gasteiger partial charge is 0.438 e. The van der Waals surface area contributed by atoms with Crippen LogP contribution in [0.2, 0.25) is 0 Å². The molecule has 1 atom stereocenters. The Morgan fingerprint density at radius 2 is 2.31 bits per heavy atom. The van der Waals surface area contributed by atoms with E-state index in [-0.39, 0.29) is 5.82 Å². The van der Waals surface area contributed by atoms with Gasteiger partial charge in [-0.1, -0.05) is 0 Å². The minimum atomic E-state index is -0.671. The Bertz CT molecular complexity index is 532. The van der Waals surface area contributed by atoms with Gasteiger partial charge in [-0.25, -0.2) is 9.37 Å². The quantitative estimate of drug-likeness (QED) is 0.795. The molecule has 4 nitrogen and oxygen atoms in total. The molecule has 2 N–H and O–H groups in total. The zero-order valence-electron chi connectivity index (χ0n) is 8.57. The molecule has 0 saturated carbocycles. The van der Waals surface area contributed by atoms with Gasteiger partial charge in [0, 0.05) is 12.7 Å². The maximum absolute atomic E-state index is 13.0. The Morgan fingerprint density at radius 3 is 3.06 bits per heavy atom. The zero-order chi connectivity index (χ0) is 11.2. The molecule has 0 bridgehead atoms. The minimum absolute atomic E-state index is 0.344. The maximum Gasteiger partial charge on any atom is 0.218 e. The summed E-state index contributed by atoms with van der Waals surface area (Å²) in [6.45, 7) is 0.992. The first-order valence-corrected chi connectivity index (χ1v) is 5.11. The van der Waals surface area contributed by atoms with Crippen LogP contribution in [0, 0.1) is 5.82 Å². The van der Waals surface area contributed by atoms with Crippen molar-refractivity contribution in [2.45, 2.75) is 12.0 Å². The van der Waals surface area contributed by atoms with Gasteiger partial charge in [0.2, 0.25) is 5.89 Å². The van der Waals surface area contributed by atoms with Gasteiger partial charge in [0.1, 0.15) is 16.9 Å². The lowest BCUT2D eigenvalue weighted by Crippen LogP contribution is -2.37. The number of ether oxygens (including phenoxy) is 1. The highest BCUT2D eigenvalue weighted by molar-refractivity contribution is 5.72. The molecule has 1 unspecified atom stereocenters. The summed E-state index contributed by atoms with van der Waals surface area (Å²) >= 11 is 0. The molecule has 1 saturated heterocycles. The van der Waals surface area contributed by atoms with Gasteiger partial charge in [-0.3, -0.25) is 0 Å². The molecule has 2 aromatic rings. The van der Waals surface area contributed by atoms with E-state index in [1.807, 2.05) is 0 Å². The number of benzene rings is 1. The molecule has 1 aromatic heterocycles. The third kappa shape index (κ3) is 1.40. The van der Waals surface area contributed by atoms with E-state index in [2.05, 4.69) is 4.98 Å². The molecule has 3 rings (SSSR count). The predicted molar refractivity (Wildman–Crippen MR) is 55.3 cm³/mol. The molecule has 1 aromatic carbocycles. The number of rotatable bonds is 1. The summed E-state index contributed by atoms with van der Waals surface area (Å²) in [4.78, 5) is 4.27. The van der Waals surface area contributed by atoms with Gasteiger partial charge in [0.15, 0.2) is 5.58 Å². The second-order valence-electron chi connectivity index (χ2n) is 4.09. The highest BCUT2D eigenvalue weighted by Crippen LogP contribution is 2.29. The summed E-state index contributed by atoms with van der Waals surface area (Å²) < 4.78 is 23.7. The van der Waals surface area contributed by atoms with Crippen molar-refractivity contribution in [2.75, 3.05) is 13.2 Å². The molecule has 0 spiro atoms. The van der Waals surface area contributed by atoms with Crippen molar-refractivity contribution >= 4 is 11.1 Å². The molecule has 1 fully saturated rings. The van der Waals surface area contributed by atoms with Crippen LogP contribution in [-0.4, -0.2) is 18.2 Å². The summed E-state index contributed by atoms with van der Waals surface area (Å²) in [5, 5.41) is 0. The normalized spacial score (nSPS) is 25.4. The standard InChI is InChI=1S/C11H11FN2O2/c12-7-1-2-8-9(5-7)16-10(14-8)11(13)3-4-15-6-11/h1-2,5H,3-4,6,13H2. The average molecular weight is 222 g/mol. The summed E-state index contributed by atoms with van der Waals surface area (Å²) in [5.74, 6) is 0.0783. The fourth-order valence-electron chi connectivity index (χ4n) is 1.86. The van der Waals surface area contributed by atoms with E-state index in [1.165, 1.54) is 12.1 Å². The Morgan fingerprint density at radius 1 is 1.44 bits per heavy atom. The Labute approximate surface area is 91.2 Å². The second-order valence-corrected chi connectivity index (χ2v) is 4.09. The van der Waals surface area contributed by atoms with Gasteiger partial charge in [-0.2, -0.15) is 0 Å². The van der Waals surface area contributed by atoms with Gasteiger partial charge in [-0.05, 0) is 18.6 Å². The lowest BCUT2D eigenvalue weighted by molar-refractivity contribution is 0.170.